The molecule has 29 heavy (non-hydrogen) atoms. The van der Waals surface area contributed by atoms with E-state index >= 15 is 0 Å². The smallest absolute Gasteiger partial charge is 0.289 e. The van der Waals surface area contributed by atoms with Crippen LogP contribution < -0.4 is 10.6 Å². The lowest BCUT2D eigenvalue weighted by Crippen LogP contribution is -2.42. The molecule has 1 aliphatic heterocycles. The lowest BCUT2D eigenvalue weighted by Gasteiger charge is -2.30. The number of carbonyl (C=O) groups excluding carboxylic acids is 3. The monoisotopic (exact) mass is 397 g/mol. The Kier molecular flexibility index (Phi) is 7.05. The minimum Gasteiger partial charge on any atom is -0.459 e. The van der Waals surface area contributed by atoms with Gasteiger partial charge in [0.25, 0.3) is 5.91 Å². The molecule has 1 aromatic heterocycles. The number of benzene rings is 1. The summed E-state index contributed by atoms with van der Waals surface area (Å²) in [7, 11) is 0. The molecule has 2 heterocycles. The second-order valence-corrected chi connectivity index (χ2v) is 7.26. The first-order chi connectivity index (χ1) is 14.1. The van der Waals surface area contributed by atoms with Crippen LogP contribution in [0.3, 0.4) is 0 Å². The number of carbonyl (C=O) groups is 3. The molecule has 1 aromatic carbocycles. The zero-order valence-electron chi connectivity index (χ0n) is 16.6. The van der Waals surface area contributed by atoms with Crippen molar-refractivity contribution in [3.63, 3.8) is 0 Å². The number of hydrogen-bond acceptors (Lipinski definition) is 4. The fourth-order valence-electron chi connectivity index (χ4n) is 3.44. The third-order valence-corrected chi connectivity index (χ3v) is 5.04. The van der Waals surface area contributed by atoms with E-state index in [1.165, 1.54) is 6.26 Å². The highest BCUT2D eigenvalue weighted by molar-refractivity contribution is 5.92. The predicted octanol–water partition coefficient (Wildman–Crippen LogP) is 3.19. The van der Waals surface area contributed by atoms with Crippen LogP contribution in [0.15, 0.2) is 47.1 Å². The minimum absolute atomic E-state index is 0.00415. The maximum absolute atomic E-state index is 12.5. The Balaban J connectivity index is 1.45. The molecular weight excluding hydrogens is 370 g/mol. The Morgan fingerprint density at radius 3 is 2.62 bits per heavy atom. The van der Waals surface area contributed by atoms with Gasteiger partial charge in [-0.05, 0) is 49.1 Å². The van der Waals surface area contributed by atoms with Gasteiger partial charge >= 0.3 is 0 Å². The van der Waals surface area contributed by atoms with Gasteiger partial charge in [-0.25, -0.2) is 0 Å². The van der Waals surface area contributed by atoms with Gasteiger partial charge in [0, 0.05) is 37.7 Å². The molecule has 2 aromatic rings. The van der Waals surface area contributed by atoms with Gasteiger partial charge in [0.2, 0.25) is 11.8 Å². The van der Waals surface area contributed by atoms with E-state index in [9.17, 15) is 14.4 Å². The van der Waals surface area contributed by atoms with E-state index in [-0.39, 0.29) is 23.6 Å². The van der Waals surface area contributed by atoms with Crippen molar-refractivity contribution in [1.82, 2.24) is 10.2 Å². The van der Waals surface area contributed by atoms with Crippen LogP contribution >= 0.6 is 0 Å². The molecule has 1 saturated heterocycles. The molecule has 0 aliphatic carbocycles. The van der Waals surface area contributed by atoms with E-state index < -0.39 is 0 Å². The van der Waals surface area contributed by atoms with E-state index in [4.69, 9.17) is 4.42 Å². The Morgan fingerprint density at radius 1 is 1.14 bits per heavy atom. The van der Waals surface area contributed by atoms with Crippen molar-refractivity contribution >= 4 is 23.4 Å². The molecule has 1 aliphatic rings. The van der Waals surface area contributed by atoms with Gasteiger partial charge in [-0.2, -0.15) is 0 Å². The topological polar surface area (TPSA) is 91.7 Å². The van der Waals surface area contributed by atoms with Gasteiger partial charge in [-0.1, -0.05) is 19.1 Å². The third kappa shape index (κ3) is 5.70. The van der Waals surface area contributed by atoms with Crippen molar-refractivity contribution in [3.8, 4) is 0 Å². The predicted molar refractivity (Wildman–Crippen MR) is 109 cm³/mol. The number of rotatable bonds is 7. The summed E-state index contributed by atoms with van der Waals surface area (Å²) in [5.41, 5.74) is 1.66. The average Bonchev–Trinajstić information content (AvgIpc) is 3.27. The number of nitrogens with one attached hydrogen (secondary N) is 2. The normalized spacial score (nSPS) is 14.4. The van der Waals surface area contributed by atoms with Crippen molar-refractivity contribution in [3.05, 3.63) is 54.0 Å². The summed E-state index contributed by atoms with van der Waals surface area (Å²) in [6.07, 6.45) is 4.03. The third-order valence-electron chi connectivity index (χ3n) is 5.04. The molecule has 0 spiro atoms. The summed E-state index contributed by atoms with van der Waals surface area (Å²) < 4.78 is 5.16. The summed E-state index contributed by atoms with van der Waals surface area (Å²) in [5, 5.41) is 5.84. The number of likely N-dealkylation sites (tertiary alicyclic amines) is 1. The first kappa shape index (κ1) is 20.6. The fraction of sp³-hybridized carbons (Fsp3) is 0.409. The van der Waals surface area contributed by atoms with Crippen molar-refractivity contribution < 1.29 is 18.8 Å². The van der Waals surface area contributed by atoms with Crippen LogP contribution in [0.25, 0.3) is 0 Å². The number of hydrogen-bond donors (Lipinski definition) is 2. The first-order valence-corrected chi connectivity index (χ1v) is 10.1. The molecule has 0 bridgehead atoms. The summed E-state index contributed by atoms with van der Waals surface area (Å²) in [6.45, 7) is 3.44. The maximum Gasteiger partial charge on any atom is 0.289 e. The largest absolute Gasteiger partial charge is 0.459 e. The highest BCUT2D eigenvalue weighted by atomic mass is 16.3. The quantitative estimate of drug-likeness (QED) is 0.751. The van der Waals surface area contributed by atoms with Gasteiger partial charge < -0.3 is 20.0 Å². The minimum atomic E-state index is -0.129. The van der Waals surface area contributed by atoms with E-state index in [1.807, 2.05) is 31.2 Å². The molecule has 0 unspecified atom stereocenters. The molecule has 1 fully saturated rings. The number of anilines is 1. The second kappa shape index (κ2) is 9.91. The van der Waals surface area contributed by atoms with Crippen molar-refractivity contribution in [1.29, 1.82) is 0 Å². The molecule has 2 N–H and O–H groups in total. The van der Waals surface area contributed by atoms with Crippen LogP contribution in [0.5, 0.6) is 0 Å². The molecule has 7 heteroatoms. The van der Waals surface area contributed by atoms with Gasteiger partial charge in [-0.3, -0.25) is 14.4 Å². The number of amides is 3. The molecule has 7 nitrogen and oxygen atoms in total. The highest BCUT2D eigenvalue weighted by Crippen LogP contribution is 2.20. The van der Waals surface area contributed by atoms with Crippen LogP contribution in [0.4, 0.5) is 5.69 Å². The zero-order chi connectivity index (χ0) is 20.6. The van der Waals surface area contributed by atoms with E-state index in [0.29, 0.717) is 44.7 Å². The Morgan fingerprint density at radius 2 is 1.93 bits per heavy atom. The lowest BCUT2D eigenvalue weighted by molar-refractivity contribution is -0.126. The van der Waals surface area contributed by atoms with Gasteiger partial charge in [0.1, 0.15) is 0 Å². The van der Waals surface area contributed by atoms with Crippen LogP contribution in [0.2, 0.25) is 0 Å². The lowest BCUT2D eigenvalue weighted by atomic mass is 9.95. The van der Waals surface area contributed by atoms with E-state index in [2.05, 4.69) is 10.6 Å². The maximum atomic E-state index is 12.5. The van der Waals surface area contributed by atoms with Crippen molar-refractivity contribution in [2.75, 3.05) is 18.4 Å². The summed E-state index contributed by atoms with van der Waals surface area (Å²) in [6, 6.07) is 10.8. The molecule has 3 amide bonds. The fourth-order valence-corrected chi connectivity index (χ4v) is 3.44. The second-order valence-electron chi connectivity index (χ2n) is 7.26. The zero-order valence-corrected chi connectivity index (χ0v) is 16.6. The van der Waals surface area contributed by atoms with Crippen LogP contribution in [0, 0.1) is 5.92 Å². The molecule has 0 saturated carbocycles. The molecule has 3 rings (SSSR count). The van der Waals surface area contributed by atoms with Gasteiger partial charge in [0.15, 0.2) is 5.76 Å². The van der Waals surface area contributed by atoms with E-state index in [0.717, 1.165) is 17.7 Å². The summed E-state index contributed by atoms with van der Waals surface area (Å²) in [5.74, 6) is 0.0813. The number of furan rings is 1. The Hall–Kier alpha value is -3.09. The number of piperidine rings is 1. The van der Waals surface area contributed by atoms with Crippen LogP contribution in [-0.4, -0.2) is 35.7 Å². The van der Waals surface area contributed by atoms with E-state index in [1.54, 1.807) is 17.0 Å². The van der Waals surface area contributed by atoms with Crippen molar-refractivity contribution in [2.24, 2.45) is 5.92 Å². The SMILES string of the molecule is CCCC(=O)Nc1cccc(CNC(=O)C2CCN(C(=O)c3ccco3)CC2)c1. The van der Waals surface area contributed by atoms with Crippen molar-refractivity contribution in [2.45, 2.75) is 39.2 Å². The first-order valence-electron chi connectivity index (χ1n) is 10.1. The van der Waals surface area contributed by atoms with Gasteiger partial charge in [-0.15, -0.1) is 0 Å². The average molecular weight is 397 g/mol. The molecular formula is C22H27N3O4. The van der Waals surface area contributed by atoms with Gasteiger partial charge in [0.05, 0.1) is 6.26 Å². The Labute approximate surface area is 170 Å². The molecule has 154 valence electrons. The van der Waals surface area contributed by atoms with Crippen LogP contribution in [0.1, 0.15) is 48.7 Å². The highest BCUT2D eigenvalue weighted by Gasteiger charge is 2.28. The summed E-state index contributed by atoms with van der Waals surface area (Å²) in [4.78, 5) is 38.3. The number of nitrogens with zero attached hydrogens (tertiary/aromatic N) is 1. The Bertz CT molecular complexity index is 840. The molecule has 0 radical (unpaired) electrons. The van der Waals surface area contributed by atoms with Crippen LogP contribution in [-0.2, 0) is 16.1 Å². The molecule has 0 atom stereocenters. The summed E-state index contributed by atoms with van der Waals surface area (Å²) >= 11 is 0. The standard InChI is InChI=1S/C22H27N3O4/c1-2-5-20(26)24-18-7-3-6-16(14-18)15-23-21(27)17-9-11-25(12-10-17)22(28)19-8-4-13-29-19/h3-4,6-8,13-14,17H,2,5,9-12,15H2,1H3,(H,23,27)(H,24,26).